The van der Waals surface area contributed by atoms with Crippen LogP contribution in [0.4, 0.5) is 5.69 Å². The van der Waals surface area contributed by atoms with Crippen LogP contribution in [0, 0.1) is 0 Å². The van der Waals surface area contributed by atoms with Crippen LogP contribution in [0.2, 0.25) is 0 Å². The number of carbonyl (C=O) groups excluding carboxylic acids is 2. The number of amides is 2. The highest BCUT2D eigenvalue weighted by atomic mass is 16.5. The van der Waals surface area contributed by atoms with Crippen molar-refractivity contribution in [1.29, 1.82) is 0 Å². The third-order valence-electron chi connectivity index (χ3n) is 6.50. The molecule has 0 radical (unpaired) electrons. The van der Waals surface area contributed by atoms with Crippen LogP contribution in [0.15, 0.2) is 54.9 Å². The number of benzene rings is 2. The average molecular weight is 473 g/mol. The largest absolute Gasteiger partial charge is 0.497 e. The standard InChI is InChI=1S/C26H28N6O3/c1-31-14-17(13-28-31)22-12-21-23(10-9-20(25(27)33)24(21)30-22)32-11-3-4-18(15-32)29-26(34)16-5-7-19(35-2)8-6-16/h5-10,12-14,18,30H,3-4,11,15H2,1-2H3,(H2,27,33)(H,29,34). The van der Waals surface area contributed by atoms with E-state index in [-0.39, 0.29) is 11.9 Å². The van der Waals surface area contributed by atoms with E-state index in [1.165, 1.54) is 0 Å². The highest BCUT2D eigenvalue weighted by Gasteiger charge is 2.25. The van der Waals surface area contributed by atoms with Crippen molar-refractivity contribution in [3.8, 4) is 17.0 Å². The quantitative estimate of drug-likeness (QED) is 0.399. The number of carbonyl (C=O) groups is 2. The molecule has 5 rings (SSSR count). The number of hydrogen-bond donors (Lipinski definition) is 3. The highest BCUT2D eigenvalue weighted by molar-refractivity contribution is 6.10. The predicted octanol–water partition coefficient (Wildman–Crippen LogP) is 3.07. The summed E-state index contributed by atoms with van der Waals surface area (Å²) in [5, 5.41) is 8.34. The van der Waals surface area contributed by atoms with E-state index in [1.807, 2.05) is 25.4 Å². The SMILES string of the molecule is COc1ccc(C(=O)NC2CCCN(c3ccc(C(N)=O)c4[nH]c(-c5cnn(C)c5)cc34)C2)cc1. The number of piperidine rings is 1. The van der Waals surface area contributed by atoms with Gasteiger partial charge in [0.15, 0.2) is 0 Å². The molecule has 4 N–H and O–H groups in total. The first kappa shape index (κ1) is 22.5. The number of primary amides is 1. The van der Waals surface area contributed by atoms with E-state index in [0.29, 0.717) is 28.9 Å². The van der Waals surface area contributed by atoms with Gasteiger partial charge < -0.3 is 25.7 Å². The van der Waals surface area contributed by atoms with Gasteiger partial charge >= 0.3 is 0 Å². The zero-order valence-corrected chi connectivity index (χ0v) is 19.7. The minimum absolute atomic E-state index is 0.000884. The number of rotatable bonds is 6. The van der Waals surface area contributed by atoms with Gasteiger partial charge in [0.2, 0.25) is 0 Å². The second kappa shape index (κ2) is 9.17. The maximum Gasteiger partial charge on any atom is 0.251 e. The number of aryl methyl sites for hydroxylation is 1. The lowest BCUT2D eigenvalue weighted by molar-refractivity contribution is 0.0932. The van der Waals surface area contributed by atoms with Crippen molar-refractivity contribution in [2.24, 2.45) is 12.8 Å². The summed E-state index contributed by atoms with van der Waals surface area (Å²) in [6.45, 7) is 1.52. The van der Waals surface area contributed by atoms with Gasteiger partial charge in [0.1, 0.15) is 5.75 Å². The van der Waals surface area contributed by atoms with Crippen LogP contribution in [-0.2, 0) is 7.05 Å². The number of ether oxygens (including phenoxy) is 1. The molecule has 4 aromatic rings. The Morgan fingerprint density at radius 3 is 2.69 bits per heavy atom. The molecule has 1 atom stereocenters. The summed E-state index contributed by atoms with van der Waals surface area (Å²) >= 11 is 0. The molecule has 9 heteroatoms. The zero-order valence-electron chi connectivity index (χ0n) is 19.7. The number of aromatic nitrogens is 3. The molecule has 1 aliphatic heterocycles. The van der Waals surface area contributed by atoms with E-state index in [2.05, 4.69) is 20.3 Å². The first-order valence-corrected chi connectivity index (χ1v) is 11.6. The Morgan fingerprint density at radius 2 is 2.00 bits per heavy atom. The lowest BCUT2D eigenvalue weighted by Crippen LogP contribution is -2.47. The van der Waals surface area contributed by atoms with Crippen molar-refractivity contribution in [1.82, 2.24) is 20.1 Å². The van der Waals surface area contributed by atoms with Crippen LogP contribution < -0.4 is 20.7 Å². The molecular formula is C26H28N6O3. The van der Waals surface area contributed by atoms with Gasteiger partial charge in [-0.2, -0.15) is 5.10 Å². The predicted molar refractivity (Wildman–Crippen MR) is 135 cm³/mol. The van der Waals surface area contributed by atoms with E-state index >= 15 is 0 Å². The van der Waals surface area contributed by atoms with Crippen LogP contribution in [0.1, 0.15) is 33.6 Å². The van der Waals surface area contributed by atoms with E-state index in [4.69, 9.17) is 10.5 Å². The Hall–Kier alpha value is -4.27. The molecule has 0 aliphatic carbocycles. The third kappa shape index (κ3) is 4.44. The minimum atomic E-state index is -0.482. The molecule has 180 valence electrons. The number of nitrogens with zero attached hydrogens (tertiary/aromatic N) is 3. The van der Waals surface area contributed by atoms with Crippen LogP contribution in [0.3, 0.4) is 0 Å². The van der Waals surface area contributed by atoms with Gasteiger partial charge in [-0.1, -0.05) is 0 Å². The summed E-state index contributed by atoms with van der Waals surface area (Å²) in [5.41, 5.74) is 10.2. The maximum atomic E-state index is 12.8. The molecule has 3 heterocycles. The third-order valence-corrected chi connectivity index (χ3v) is 6.50. The topological polar surface area (TPSA) is 118 Å². The normalized spacial score (nSPS) is 15.8. The summed E-state index contributed by atoms with van der Waals surface area (Å²) in [6, 6.07) is 12.8. The number of hydrogen-bond acceptors (Lipinski definition) is 5. The van der Waals surface area contributed by atoms with Gasteiger partial charge in [-0.25, -0.2) is 0 Å². The van der Waals surface area contributed by atoms with Crippen molar-refractivity contribution < 1.29 is 14.3 Å². The van der Waals surface area contributed by atoms with Crippen LogP contribution >= 0.6 is 0 Å². The highest BCUT2D eigenvalue weighted by Crippen LogP contribution is 2.34. The van der Waals surface area contributed by atoms with Crippen LogP contribution in [0.25, 0.3) is 22.2 Å². The number of nitrogens with two attached hydrogens (primary N) is 1. The molecule has 1 saturated heterocycles. The minimum Gasteiger partial charge on any atom is -0.497 e. The number of nitrogens with one attached hydrogen (secondary N) is 2. The molecule has 9 nitrogen and oxygen atoms in total. The van der Waals surface area contributed by atoms with E-state index in [0.717, 1.165) is 41.7 Å². The second-order valence-electron chi connectivity index (χ2n) is 8.86. The lowest BCUT2D eigenvalue weighted by atomic mass is 10.0. The second-order valence-corrected chi connectivity index (χ2v) is 8.86. The first-order chi connectivity index (χ1) is 16.9. The molecule has 1 unspecified atom stereocenters. The van der Waals surface area contributed by atoms with Crippen molar-refractivity contribution in [2.45, 2.75) is 18.9 Å². The van der Waals surface area contributed by atoms with Gasteiger partial charge in [0.25, 0.3) is 11.8 Å². The lowest BCUT2D eigenvalue weighted by Gasteiger charge is -2.35. The molecular weight excluding hydrogens is 444 g/mol. The van der Waals surface area contributed by atoms with Gasteiger partial charge in [0.05, 0.1) is 24.4 Å². The fourth-order valence-corrected chi connectivity index (χ4v) is 4.73. The molecule has 35 heavy (non-hydrogen) atoms. The Labute approximate surface area is 202 Å². The smallest absolute Gasteiger partial charge is 0.251 e. The van der Waals surface area contributed by atoms with Crippen molar-refractivity contribution >= 4 is 28.4 Å². The molecule has 0 saturated carbocycles. The summed E-state index contributed by atoms with van der Waals surface area (Å²) < 4.78 is 6.91. The zero-order chi connectivity index (χ0) is 24.5. The Morgan fingerprint density at radius 1 is 1.20 bits per heavy atom. The monoisotopic (exact) mass is 472 g/mol. The van der Waals surface area contributed by atoms with E-state index in [1.54, 1.807) is 48.3 Å². The fourth-order valence-electron chi connectivity index (χ4n) is 4.73. The molecule has 0 spiro atoms. The Kier molecular flexibility index (Phi) is 5.90. The van der Waals surface area contributed by atoms with Crippen LogP contribution in [-0.4, -0.2) is 52.8 Å². The molecule has 0 bridgehead atoms. The summed E-state index contributed by atoms with van der Waals surface area (Å²) in [4.78, 5) is 30.6. The van der Waals surface area contributed by atoms with Gasteiger partial charge in [-0.3, -0.25) is 14.3 Å². The van der Waals surface area contributed by atoms with Gasteiger partial charge in [0, 0.05) is 60.3 Å². The van der Waals surface area contributed by atoms with Gasteiger partial charge in [-0.05, 0) is 55.3 Å². The molecule has 2 aromatic carbocycles. The Bertz CT molecular complexity index is 1390. The maximum absolute atomic E-state index is 12.8. The van der Waals surface area contributed by atoms with Crippen LogP contribution in [0.5, 0.6) is 5.75 Å². The summed E-state index contributed by atoms with van der Waals surface area (Å²) in [6.07, 6.45) is 5.53. The summed E-state index contributed by atoms with van der Waals surface area (Å²) in [5.74, 6) is 0.129. The van der Waals surface area contributed by atoms with Crippen molar-refractivity contribution in [2.75, 3.05) is 25.1 Å². The van der Waals surface area contributed by atoms with E-state index < -0.39 is 5.91 Å². The van der Waals surface area contributed by atoms with Gasteiger partial charge in [-0.15, -0.1) is 0 Å². The van der Waals surface area contributed by atoms with Crippen molar-refractivity contribution in [3.05, 3.63) is 66.0 Å². The first-order valence-electron chi connectivity index (χ1n) is 11.6. The number of fused-ring (bicyclic) bond motifs is 1. The number of anilines is 1. The van der Waals surface area contributed by atoms with E-state index in [9.17, 15) is 9.59 Å². The fraction of sp³-hybridized carbons (Fsp3) is 0.269. The molecule has 2 aromatic heterocycles. The summed E-state index contributed by atoms with van der Waals surface area (Å²) in [7, 11) is 3.46. The average Bonchev–Trinajstić information content (AvgIpc) is 3.50. The molecule has 2 amide bonds. The molecule has 1 fully saturated rings. The Balaban J connectivity index is 1.42. The number of H-pyrrole nitrogens is 1. The molecule has 1 aliphatic rings. The number of methoxy groups -OCH3 is 1. The van der Waals surface area contributed by atoms with Crippen molar-refractivity contribution in [3.63, 3.8) is 0 Å². The number of aromatic amines is 1.